The van der Waals surface area contributed by atoms with Gasteiger partial charge in [-0.15, -0.1) is 0 Å². The van der Waals surface area contributed by atoms with Crippen molar-refractivity contribution in [2.45, 2.75) is 39.5 Å². The molecule has 0 N–H and O–H groups in total. The highest BCUT2D eigenvalue weighted by molar-refractivity contribution is 5.89. The molecular weight excluding hydrogens is 248 g/mol. The Labute approximate surface area is 120 Å². The number of fused-ring (bicyclic) bond motifs is 2. The number of hydrogen-bond donors (Lipinski definition) is 0. The fourth-order valence-electron chi connectivity index (χ4n) is 4.03. The average Bonchev–Trinajstić information content (AvgIpc) is 2.51. The van der Waals surface area contributed by atoms with Crippen LogP contribution in [0.15, 0.2) is 18.2 Å². The molecule has 0 aromatic heterocycles. The van der Waals surface area contributed by atoms with E-state index in [4.69, 9.17) is 4.74 Å². The zero-order valence-corrected chi connectivity index (χ0v) is 12.5. The van der Waals surface area contributed by atoms with Gasteiger partial charge in [0.05, 0.1) is 12.7 Å². The minimum absolute atomic E-state index is 0.246. The minimum Gasteiger partial charge on any atom is -0.465 e. The van der Waals surface area contributed by atoms with Crippen molar-refractivity contribution < 1.29 is 9.53 Å². The van der Waals surface area contributed by atoms with Gasteiger partial charge in [-0.2, -0.15) is 0 Å². The van der Waals surface area contributed by atoms with E-state index < -0.39 is 0 Å². The largest absolute Gasteiger partial charge is 0.465 e. The number of hydrogen-bond acceptors (Lipinski definition) is 2. The molecule has 0 heterocycles. The maximum Gasteiger partial charge on any atom is 0.337 e. The van der Waals surface area contributed by atoms with Crippen LogP contribution in [0.4, 0.5) is 0 Å². The Bertz CT molecular complexity index is 669. The number of benzene rings is 1. The Morgan fingerprint density at radius 2 is 1.65 bits per heavy atom. The van der Waals surface area contributed by atoms with Crippen LogP contribution in [0.5, 0.6) is 0 Å². The Morgan fingerprint density at radius 1 is 1.05 bits per heavy atom. The Hall–Kier alpha value is -1.57. The van der Waals surface area contributed by atoms with Crippen molar-refractivity contribution in [3.05, 3.63) is 34.2 Å². The molecule has 0 amide bonds. The predicted molar refractivity (Wildman–Crippen MR) is 80.6 cm³/mol. The fraction of sp³-hybridized carbons (Fsp3) is 0.500. The quantitative estimate of drug-likeness (QED) is 0.733. The molecule has 3 rings (SSSR count). The number of methoxy groups -OCH3 is 1. The first-order valence-corrected chi connectivity index (χ1v) is 7.53. The molecule has 2 unspecified atom stereocenters. The second-order valence-electron chi connectivity index (χ2n) is 6.12. The van der Waals surface area contributed by atoms with Gasteiger partial charge in [0.15, 0.2) is 0 Å². The van der Waals surface area contributed by atoms with Gasteiger partial charge in [-0.1, -0.05) is 30.1 Å². The highest BCUT2D eigenvalue weighted by Gasteiger charge is 2.30. The lowest BCUT2D eigenvalue weighted by Gasteiger charge is -2.36. The van der Waals surface area contributed by atoms with E-state index in [2.05, 4.69) is 19.9 Å². The summed E-state index contributed by atoms with van der Waals surface area (Å²) in [4.78, 5) is 11.7. The molecule has 2 atom stereocenters. The van der Waals surface area contributed by atoms with Gasteiger partial charge < -0.3 is 4.74 Å². The third-order valence-corrected chi connectivity index (χ3v) is 5.17. The summed E-state index contributed by atoms with van der Waals surface area (Å²) < 4.78 is 4.84. The van der Waals surface area contributed by atoms with Crippen molar-refractivity contribution in [1.29, 1.82) is 0 Å². The number of carbonyl (C=O) groups excluding carboxylic acids is 1. The molecule has 1 aromatic carbocycles. The van der Waals surface area contributed by atoms with Gasteiger partial charge in [0.25, 0.3) is 0 Å². The first-order chi connectivity index (χ1) is 9.63. The lowest BCUT2D eigenvalue weighted by Crippen LogP contribution is -2.40. The van der Waals surface area contributed by atoms with Gasteiger partial charge in [0.2, 0.25) is 0 Å². The standard InChI is InChI=1S/C18H22O2/c1-11-14-6-4-5-7-15(14)12(2)17-10-13(18(19)20-3)8-9-16(11)17/h8-10,14-15H,4-7H2,1-3H3. The van der Waals surface area contributed by atoms with Crippen molar-refractivity contribution in [2.75, 3.05) is 7.11 Å². The van der Waals surface area contributed by atoms with Crippen molar-refractivity contribution in [2.24, 2.45) is 11.8 Å². The van der Waals surface area contributed by atoms with Crippen LogP contribution in [0.2, 0.25) is 0 Å². The van der Waals surface area contributed by atoms with Crippen LogP contribution in [-0.4, -0.2) is 13.1 Å². The van der Waals surface area contributed by atoms with E-state index in [1.165, 1.54) is 54.4 Å². The van der Waals surface area contributed by atoms with Crippen molar-refractivity contribution in [1.82, 2.24) is 0 Å². The van der Waals surface area contributed by atoms with E-state index in [0.717, 1.165) is 0 Å². The van der Waals surface area contributed by atoms with Crippen molar-refractivity contribution in [3.8, 4) is 0 Å². The smallest absolute Gasteiger partial charge is 0.337 e. The molecule has 2 heteroatoms. The molecule has 0 bridgehead atoms. The monoisotopic (exact) mass is 270 g/mol. The molecule has 1 aromatic rings. The Morgan fingerprint density at radius 3 is 2.25 bits per heavy atom. The lowest BCUT2D eigenvalue weighted by molar-refractivity contribution is 0.0600. The van der Waals surface area contributed by atoms with E-state index in [0.29, 0.717) is 17.4 Å². The summed E-state index contributed by atoms with van der Waals surface area (Å²) >= 11 is 0. The Balaban J connectivity index is 2.24. The number of esters is 1. The van der Waals surface area contributed by atoms with Crippen LogP contribution in [0, 0.1) is 11.8 Å². The Kier molecular flexibility index (Phi) is 3.41. The van der Waals surface area contributed by atoms with E-state index in [9.17, 15) is 4.79 Å². The van der Waals surface area contributed by atoms with Gasteiger partial charge >= 0.3 is 5.97 Å². The topological polar surface area (TPSA) is 26.3 Å². The zero-order chi connectivity index (χ0) is 14.3. The molecular formula is C18H22O2. The molecule has 0 spiro atoms. The maximum absolute atomic E-state index is 11.7. The molecule has 106 valence electrons. The highest BCUT2D eigenvalue weighted by Crippen LogP contribution is 2.40. The molecule has 2 nitrogen and oxygen atoms in total. The van der Waals surface area contributed by atoms with Crippen LogP contribution in [-0.2, 0) is 4.74 Å². The second kappa shape index (κ2) is 5.08. The van der Waals surface area contributed by atoms with E-state index >= 15 is 0 Å². The lowest BCUT2D eigenvalue weighted by atomic mass is 9.69. The van der Waals surface area contributed by atoms with Crippen LogP contribution in [0.25, 0.3) is 11.1 Å². The first-order valence-electron chi connectivity index (χ1n) is 7.53. The zero-order valence-electron chi connectivity index (χ0n) is 12.5. The average molecular weight is 270 g/mol. The summed E-state index contributed by atoms with van der Waals surface area (Å²) in [5, 5.41) is 2.59. The molecule has 2 aliphatic carbocycles. The summed E-state index contributed by atoms with van der Waals surface area (Å²) in [6, 6.07) is 6.01. The summed E-state index contributed by atoms with van der Waals surface area (Å²) in [6.45, 7) is 4.52. The van der Waals surface area contributed by atoms with Gasteiger partial charge in [0.1, 0.15) is 0 Å². The van der Waals surface area contributed by atoms with Gasteiger partial charge in [-0.25, -0.2) is 4.79 Å². The number of rotatable bonds is 1. The predicted octanol–water partition coefficient (Wildman–Crippen LogP) is 2.63. The molecule has 1 saturated carbocycles. The maximum atomic E-state index is 11.7. The number of ether oxygens (including phenoxy) is 1. The summed E-state index contributed by atoms with van der Waals surface area (Å²) in [6.07, 6.45) is 5.28. The molecule has 1 fully saturated rings. The van der Waals surface area contributed by atoms with Crippen molar-refractivity contribution in [3.63, 3.8) is 0 Å². The van der Waals surface area contributed by atoms with Crippen LogP contribution in [0.1, 0.15) is 49.9 Å². The minimum atomic E-state index is -0.246. The van der Waals surface area contributed by atoms with Gasteiger partial charge in [-0.05, 0) is 61.1 Å². The summed E-state index contributed by atoms with van der Waals surface area (Å²) in [5.74, 6) is 1.13. The summed E-state index contributed by atoms with van der Waals surface area (Å²) in [7, 11) is 1.44. The molecule has 0 saturated heterocycles. The van der Waals surface area contributed by atoms with E-state index in [1.807, 2.05) is 12.1 Å². The molecule has 0 aliphatic heterocycles. The SMILES string of the molecule is COC(=O)c1ccc2c(c1)=C(C)C1CCCCC1C=2C. The normalized spacial score (nSPS) is 24.9. The first kappa shape index (κ1) is 13.4. The van der Waals surface area contributed by atoms with Crippen LogP contribution in [0.3, 0.4) is 0 Å². The summed E-state index contributed by atoms with van der Waals surface area (Å²) in [5.41, 5.74) is 3.63. The molecule has 20 heavy (non-hydrogen) atoms. The second-order valence-corrected chi connectivity index (χ2v) is 6.12. The van der Waals surface area contributed by atoms with Crippen LogP contribution >= 0.6 is 0 Å². The third kappa shape index (κ3) is 1.98. The molecule has 2 aliphatic rings. The number of carbonyl (C=O) groups is 1. The van der Waals surface area contributed by atoms with Gasteiger partial charge in [-0.3, -0.25) is 0 Å². The highest BCUT2D eigenvalue weighted by atomic mass is 16.5. The van der Waals surface area contributed by atoms with E-state index in [1.54, 1.807) is 0 Å². The van der Waals surface area contributed by atoms with E-state index in [-0.39, 0.29) is 5.97 Å². The van der Waals surface area contributed by atoms with Crippen molar-refractivity contribution >= 4 is 17.1 Å². The molecule has 0 radical (unpaired) electrons. The fourth-order valence-corrected chi connectivity index (χ4v) is 4.03. The third-order valence-electron chi connectivity index (χ3n) is 5.17. The van der Waals surface area contributed by atoms with Crippen LogP contribution < -0.4 is 10.4 Å². The van der Waals surface area contributed by atoms with Gasteiger partial charge in [0, 0.05) is 0 Å².